The number of ether oxygens (including phenoxy) is 1. The third-order valence-electron chi connectivity index (χ3n) is 2.91. The van der Waals surface area contributed by atoms with Gasteiger partial charge < -0.3 is 9.30 Å². The van der Waals surface area contributed by atoms with Crippen LogP contribution in [0.15, 0.2) is 6.07 Å². The van der Waals surface area contributed by atoms with Gasteiger partial charge in [0.1, 0.15) is 0 Å². The Hall–Kier alpha value is -0.800. The number of carbonyl (C=O) groups is 1. The number of carbonyl (C=O) groups excluding carboxylic acids is 1. The van der Waals surface area contributed by atoms with Gasteiger partial charge in [-0.1, -0.05) is 13.8 Å². The number of nitrogens with zero attached hydrogens (tertiary/aromatic N) is 1. The molecule has 4 heteroatoms. The highest BCUT2D eigenvalue weighted by molar-refractivity contribution is 6.30. The Morgan fingerprint density at radius 2 is 2.11 bits per heavy atom. The highest BCUT2D eigenvalue weighted by Gasteiger charge is 2.14. The van der Waals surface area contributed by atoms with Crippen LogP contribution in [0.25, 0.3) is 0 Å². The smallest absolute Gasteiger partial charge is 0.179 e. The largest absolute Gasteiger partial charge is 0.379 e. The van der Waals surface area contributed by atoms with E-state index in [-0.39, 0.29) is 11.7 Å². The topological polar surface area (TPSA) is 31.2 Å². The molecule has 0 aliphatic carbocycles. The summed E-state index contributed by atoms with van der Waals surface area (Å²) in [7, 11) is 0. The average molecular weight is 272 g/mol. The number of Topliss-reactive ketones (excluding diaryl/α,β-unsaturated/α-hetero) is 1. The molecule has 0 unspecified atom stereocenters. The van der Waals surface area contributed by atoms with Crippen LogP contribution in [0.3, 0.4) is 0 Å². The number of aryl methyl sites for hydroxylation is 1. The van der Waals surface area contributed by atoms with Crippen molar-refractivity contribution >= 4 is 17.4 Å². The summed E-state index contributed by atoms with van der Waals surface area (Å²) >= 11 is 5.60. The van der Waals surface area contributed by atoms with Gasteiger partial charge in [-0.2, -0.15) is 0 Å². The first-order chi connectivity index (χ1) is 8.47. The van der Waals surface area contributed by atoms with E-state index in [0.29, 0.717) is 12.5 Å². The van der Waals surface area contributed by atoms with E-state index in [2.05, 4.69) is 18.4 Å². The van der Waals surface area contributed by atoms with Crippen LogP contribution < -0.4 is 0 Å². The van der Waals surface area contributed by atoms with Crippen molar-refractivity contribution in [3.63, 3.8) is 0 Å². The maximum atomic E-state index is 11.6. The molecule has 1 aromatic rings. The number of halogens is 1. The standard InChI is InChI=1S/C14H22ClNO2/c1-10(2)9-18-6-5-16-11(3)7-13(12(16)4)14(17)8-15/h7,10H,5-6,8-9H2,1-4H3. The fourth-order valence-electron chi connectivity index (χ4n) is 1.97. The van der Waals surface area contributed by atoms with Gasteiger partial charge in [-0.25, -0.2) is 0 Å². The first-order valence-electron chi connectivity index (χ1n) is 6.31. The van der Waals surface area contributed by atoms with Crippen LogP contribution >= 0.6 is 11.6 Å². The van der Waals surface area contributed by atoms with E-state index in [1.807, 2.05) is 19.9 Å². The summed E-state index contributed by atoms with van der Waals surface area (Å²) in [4.78, 5) is 11.6. The van der Waals surface area contributed by atoms with Gasteiger partial charge in [-0.3, -0.25) is 4.79 Å². The zero-order chi connectivity index (χ0) is 13.7. The first-order valence-corrected chi connectivity index (χ1v) is 6.84. The third kappa shape index (κ3) is 3.85. The van der Waals surface area contributed by atoms with E-state index >= 15 is 0 Å². The molecular formula is C14H22ClNO2. The zero-order valence-corrected chi connectivity index (χ0v) is 12.4. The molecule has 0 N–H and O–H groups in total. The van der Waals surface area contributed by atoms with Crippen molar-refractivity contribution in [2.75, 3.05) is 19.1 Å². The number of hydrogen-bond acceptors (Lipinski definition) is 2. The fraction of sp³-hybridized carbons (Fsp3) is 0.643. The van der Waals surface area contributed by atoms with Gasteiger partial charge in [0.25, 0.3) is 0 Å². The average Bonchev–Trinajstić information content (AvgIpc) is 2.60. The molecule has 18 heavy (non-hydrogen) atoms. The molecule has 3 nitrogen and oxygen atoms in total. The molecule has 0 atom stereocenters. The molecule has 0 saturated carbocycles. The van der Waals surface area contributed by atoms with Gasteiger partial charge in [0.15, 0.2) is 5.78 Å². The Bertz CT molecular complexity index is 410. The molecule has 1 rings (SSSR count). The summed E-state index contributed by atoms with van der Waals surface area (Å²) in [5, 5.41) is 0. The predicted octanol–water partition coefficient (Wildman–Crippen LogP) is 3.20. The van der Waals surface area contributed by atoms with E-state index in [4.69, 9.17) is 16.3 Å². The SMILES string of the molecule is Cc1cc(C(=O)CCl)c(C)n1CCOCC(C)C. The molecule has 102 valence electrons. The molecule has 0 aromatic carbocycles. The number of alkyl halides is 1. The highest BCUT2D eigenvalue weighted by Crippen LogP contribution is 2.16. The molecule has 0 bridgehead atoms. The number of aromatic nitrogens is 1. The quantitative estimate of drug-likeness (QED) is 0.433. The molecule has 0 aliphatic rings. The van der Waals surface area contributed by atoms with Crippen LogP contribution in [-0.4, -0.2) is 29.4 Å². The van der Waals surface area contributed by atoms with E-state index in [1.54, 1.807) is 0 Å². The second-order valence-corrected chi connectivity index (χ2v) is 5.23. The maximum absolute atomic E-state index is 11.6. The van der Waals surface area contributed by atoms with Crippen LogP contribution in [0.5, 0.6) is 0 Å². The van der Waals surface area contributed by atoms with Crippen molar-refractivity contribution in [1.29, 1.82) is 0 Å². The molecule has 0 amide bonds. The second kappa shape index (κ2) is 6.95. The lowest BCUT2D eigenvalue weighted by molar-refractivity contribution is 0.101. The molecule has 1 heterocycles. The summed E-state index contributed by atoms with van der Waals surface area (Å²) in [6.45, 7) is 10.4. The van der Waals surface area contributed by atoms with Crippen molar-refractivity contribution < 1.29 is 9.53 Å². The van der Waals surface area contributed by atoms with E-state index in [9.17, 15) is 4.79 Å². The van der Waals surface area contributed by atoms with Crippen LogP contribution in [0.2, 0.25) is 0 Å². The van der Waals surface area contributed by atoms with Crippen molar-refractivity contribution in [3.8, 4) is 0 Å². The molecule has 1 aromatic heterocycles. The molecular weight excluding hydrogens is 250 g/mol. The normalized spacial score (nSPS) is 11.2. The van der Waals surface area contributed by atoms with Crippen molar-refractivity contribution in [3.05, 3.63) is 23.0 Å². The zero-order valence-electron chi connectivity index (χ0n) is 11.6. The predicted molar refractivity (Wildman–Crippen MR) is 74.6 cm³/mol. The van der Waals surface area contributed by atoms with Gasteiger partial charge in [-0.15, -0.1) is 11.6 Å². The number of rotatable bonds is 7. The number of hydrogen-bond donors (Lipinski definition) is 0. The second-order valence-electron chi connectivity index (χ2n) is 4.96. The Balaban J connectivity index is 2.66. The fourth-order valence-corrected chi connectivity index (χ4v) is 2.12. The lowest BCUT2D eigenvalue weighted by Crippen LogP contribution is -2.12. The Morgan fingerprint density at radius 3 is 2.67 bits per heavy atom. The van der Waals surface area contributed by atoms with Crippen LogP contribution in [0.1, 0.15) is 35.6 Å². The minimum absolute atomic E-state index is 0.0147. The van der Waals surface area contributed by atoms with Crippen molar-refractivity contribution in [2.24, 2.45) is 5.92 Å². The summed E-state index contributed by atoms with van der Waals surface area (Å²) in [6.07, 6.45) is 0. The van der Waals surface area contributed by atoms with Gasteiger partial charge in [0.05, 0.1) is 12.5 Å². The summed E-state index contributed by atoms with van der Waals surface area (Å²) in [6, 6.07) is 1.91. The lowest BCUT2D eigenvalue weighted by Gasteiger charge is -2.11. The molecule has 0 aliphatic heterocycles. The molecule has 0 spiro atoms. The van der Waals surface area contributed by atoms with Crippen LogP contribution in [0, 0.1) is 19.8 Å². The van der Waals surface area contributed by atoms with Gasteiger partial charge >= 0.3 is 0 Å². The maximum Gasteiger partial charge on any atom is 0.179 e. The van der Waals surface area contributed by atoms with E-state index in [1.165, 1.54) is 0 Å². The molecule has 0 fully saturated rings. The molecule has 0 saturated heterocycles. The summed E-state index contributed by atoms with van der Waals surface area (Å²) in [5.74, 6) is 0.568. The van der Waals surface area contributed by atoms with E-state index < -0.39 is 0 Å². The number of ketones is 1. The Labute approximate surface area is 114 Å². The monoisotopic (exact) mass is 271 g/mol. The van der Waals surface area contributed by atoms with Crippen molar-refractivity contribution in [2.45, 2.75) is 34.2 Å². The third-order valence-corrected chi connectivity index (χ3v) is 3.15. The molecule has 0 radical (unpaired) electrons. The summed E-state index contributed by atoms with van der Waals surface area (Å²) in [5.41, 5.74) is 2.78. The van der Waals surface area contributed by atoms with Gasteiger partial charge in [0, 0.05) is 30.1 Å². The highest BCUT2D eigenvalue weighted by atomic mass is 35.5. The lowest BCUT2D eigenvalue weighted by atomic mass is 10.2. The minimum atomic E-state index is -0.0147. The Morgan fingerprint density at radius 1 is 1.44 bits per heavy atom. The first kappa shape index (κ1) is 15.3. The summed E-state index contributed by atoms with van der Waals surface area (Å²) < 4.78 is 7.68. The van der Waals surface area contributed by atoms with E-state index in [0.717, 1.165) is 30.1 Å². The van der Waals surface area contributed by atoms with Crippen LogP contribution in [-0.2, 0) is 11.3 Å². The van der Waals surface area contributed by atoms with Gasteiger partial charge in [-0.05, 0) is 25.8 Å². The van der Waals surface area contributed by atoms with Crippen molar-refractivity contribution in [1.82, 2.24) is 4.57 Å². The van der Waals surface area contributed by atoms with Gasteiger partial charge in [0.2, 0.25) is 0 Å². The Kier molecular flexibility index (Phi) is 5.89. The van der Waals surface area contributed by atoms with Crippen LogP contribution in [0.4, 0.5) is 0 Å². The minimum Gasteiger partial charge on any atom is -0.379 e.